The van der Waals surface area contributed by atoms with Crippen molar-refractivity contribution in [3.63, 3.8) is 0 Å². The highest BCUT2D eigenvalue weighted by Crippen LogP contribution is 2.32. The standard InChI is InChI=1S/C16H21BrN2O2/c17-12-1-4-14(15(20)9-12)16(21)19(13-2-3-13)10-11-5-7-18-8-6-11/h1,4,9,11,13,18,20H,2-3,5-8,10H2. The first kappa shape index (κ1) is 14.9. The molecule has 1 aliphatic carbocycles. The Hall–Kier alpha value is -1.07. The number of piperidine rings is 1. The number of halogens is 1. The van der Waals surface area contributed by atoms with Gasteiger partial charge in [0.1, 0.15) is 5.75 Å². The molecule has 5 heteroatoms. The molecule has 0 radical (unpaired) electrons. The first-order valence-corrected chi connectivity index (χ1v) is 8.44. The zero-order valence-corrected chi connectivity index (χ0v) is 13.6. The molecule has 0 bridgehead atoms. The van der Waals surface area contributed by atoms with Crippen LogP contribution < -0.4 is 5.32 Å². The lowest BCUT2D eigenvalue weighted by Crippen LogP contribution is -2.40. The summed E-state index contributed by atoms with van der Waals surface area (Å²) in [5.41, 5.74) is 0.416. The normalized spacial score (nSPS) is 19.5. The zero-order valence-electron chi connectivity index (χ0n) is 12.0. The Labute approximate surface area is 133 Å². The minimum atomic E-state index is -0.0268. The molecule has 1 aromatic rings. The smallest absolute Gasteiger partial charge is 0.257 e. The topological polar surface area (TPSA) is 52.6 Å². The maximum atomic E-state index is 12.8. The van der Waals surface area contributed by atoms with Crippen molar-refractivity contribution in [2.75, 3.05) is 19.6 Å². The summed E-state index contributed by atoms with van der Waals surface area (Å²) in [6.45, 7) is 2.91. The summed E-state index contributed by atoms with van der Waals surface area (Å²) >= 11 is 3.31. The summed E-state index contributed by atoms with van der Waals surface area (Å²) in [4.78, 5) is 14.8. The van der Waals surface area contributed by atoms with Gasteiger partial charge in [0, 0.05) is 17.1 Å². The average molecular weight is 353 g/mol. The summed E-state index contributed by atoms with van der Waals surface area (Å²) in [6.07, 6.45) is 4.44. The summed E-state index contributed by atoms with van der Waals surface area (Å²) < 4.78 is 0.785. The van der Waals surface area contributed by atoms with Gasteiger partial charge in [-0.05, 0) is 62.9 Å². The van der Waals surface area contributed by atoms with Crippen LogP contribution in [0, 0.1) is 5.92 Å². The molecule has 0 aromatic heterocycles. The molecule has 2 N–H and O–H groups in total. The Morgan fingerprint density at radius 3 is 2.62 bits per heavy atom. The average Bonchev–Trinajstić information content (AvgIpc) is 3.30. The monoisotopic (exact) mass is 352 g/mol. The van der Waals surface area contributed by atoms with Gasteiger partial charge >= 0.3 is 0 Å². The van der Waals surface area contributed by atoms with E-state index in [1.807, 2.05) is 11.0 Å². The molecule has 1 aliphatic heterocycles. The highest BCUT2D eigenvalue weighted by Gasteiger charge is 2.35. The second kappa shape index (κ2) is 6.36. The lowest BCUT2D eigenvalue weighted by molar-refractivity contribution is 0.0698. The molecule has 114 valence electrons. The molecule has 0 spiro atoms. The summed E-state index contributed by atoms with van der Waals surface area (Å²) in [6, 6.07) is 5.47. The molecule has 1 saturated carbocycles. The van der Waals surface area contributed by atoms with Crippen molar-refractivity contribution >= 4 is 21.8 Å². The number of amides is 1. The van der Waals surface area contributed by atoms with Crippen molar-refractivity contribution in [2.24, 2.45) is 5.92 Å². The van der Waals surface area contributed by atoms with Gasteiger partial charge < -0.3 is 15.3 Å². The van der Waals surface area contributed by atoms with Gasteiger partial charge in [0.2, 0.25) is 0 Å². The highest BCUT2D eigenvalue weighted by molar-refractivity contribution is 9.10. The SMILES string of the molecule is O=C(c1ccc(Br)cc1O)N(CC1CCNCC1)C1CC1. The fourth-order valence-corrected chi connectivity index (χ4v) is 3.32. The van der Waals surface area contributed by atoms with E-state index in [4.69, 9.17) is 0 Å². The number of phenols is 1. The van der Waals surface area contributed by atoms with Crippen LogP contribution >= 0.6 is 15.9 Å². The summed E-state index contributed by atoms with van der Waals surface area (Å²) in [7, 11) is 0. The number of hydrogen-bond donors (Lipinski definition) is 2. The molecular formula is C16H21BrN2O2. The molecule has 2 fully saturated rings. The van der Waals surface area contributed by atoms with Gasteiger partial charge in [0.15, 0.2) is 0 Å². The Balaban J connectivity index is 1.75. The molecule has 1 aromatic carbocycles. The van der Waals surface area contributed by atoms with Crippen LogP contribution in [0.5, 0.6) is 5.75 Å². The van der Waals surface area contributed by atoms with Crippen molar-refractivity contribution in [1.82, 2.24) is 10.2 Å². The zero-order chi connectivity index (χ0) is 14.8. The molecule has 1 saturated heterocycles. The third kappa shape index (κ3) is 3.58. The lowest BCUT2D eigenvalue weighted by Gasteiger charge is -2.30. The number of rotatable bonds is 4. The van der Waals surface area contributed by atoms with E-state index in [0.717, 1.165) is 49.8 Å². The van der Waals surface area contributed by atoms with Crippen LogP contribution in [0.4, 0.5) is 0 Å². The molecule has 4 nitrogen and oxygen atoms in total. The van der Waals surface area contributed by atoms with Gasteiger partial charge in [-0.3, -0.25) is 4.79 Å². The number of nitrogens with zero attached hydrogens (tertiary/aromatic N) is 1. The third-order valence-corrected chi connectivity index (χ3v) is 4.85. The minimum Gasteiger partial charge on any atom is -0.507 e. The number of carbonyl (C=O) groups is 1. The third-order valence-electron chi connectivity index (χ3n) is 4.35. The second-order valence-corrected chi connectivity index (χ2v) is 6.96. The Bertz CT molecular complexity index is 525. The first-order valence-electron chi connectivity index (χ1n) is 7.65. The molecule has 1 heterocycles. The molecule has 2 aliphatic rings. The van der Waals surface area contributed by atoms with Crippen LogP contribution in [-0.2, 0) is 0 Å². The predicted octanol–water partition coefficient (Wildman–Crippen LogP) is 2.76. The van der Waals surface area contributed by atoms with Crippen LogP contribution in [-0.4, -0.2) is 41.6 Å². The predicted molar refractivity (Wildman–Crippen MR) is 85.5 cm³/mol. The number of hydrogen-bond acceptors (Lipinski definition) is 3. The van der Waals surface area contributed by atoms with Gasteiger partial charge in [-0.15, -0.1) is 0 Å². The van der Waals surface area contributed by atoms with Crippen LogP contribution in [0.1, 0.15) is 36.0 Å². The Morgan fingerprint density at radius 2 is 2.00 bits per heavy atom. The van der Waals surface area contributed by atoms with Gasteiger partial charge in [0.25, 0.3) is 5.91 Å². The van der Waals surface area contributed by atoms with E-state index in [1.165, 1.54) is 0 Å². The minimum absolute atomic E-state index is 0.0268. The van der Waals surface area contributed by atoms with Crippen molar-refractivity contribution in [3.8, 4) is 5.75 Å². The molecule has 21 heavy (non-hydrogen) atoms. The van der Waals surface area contributed by atoms with E-state index in [2.05, 4.69) is 21.2 Å². The van der Waals surface area contributed by atoms with Crippen LogP contribution in [0.2, 0.25) is 0 Å². The first-order chi connectivity index (χ1) is 10.1. The van der Waals surface area contributed by atoms with Crippen molar-refractivity contribution in [2.45, 2.75) is 31.7 Å². The summed E-state index contributed by atoms with van der Waals surface area (Å²) in [5, 5.41) is 13.4. The van der Waals surface area contributed by atoms with E-state index < -0.39 is 0 Å². The molecular weight excluding hydrogens is 332 g/mol. The summed E-state index contributed by atoms with van der Waals surface area (Å²) in [5.74, 6) is 0.611. The van der Waals surface area contributed by atoms with Crippen LogP contribution in [0.15, 0.2) is 22.7 Å². The van der Waals surface area contributed by atoms with Crippen molar-refractivity contribution < 1.29 is 9.90 Å². The van der Waals surface area contributed by atoms with Gasteiger partial charge in [-0.1, -0.05) is 15.9 Å². The maximum absolute atomic E-state index is 12.8. The van der Waals surface area contributed by atoms with E-state index in [9.17, 15) is 9.90 Å². The Morgan fingerprint density at radius 1 is 1.29 bits per heavy atom. The number of aromatic hydroxyl groups is 1. The van der Waals surface area contributed by atoms with E-state index in [-0.39, 0.29) is 11.7 Å². The fraction of sp³-hybridized carbons (Fsp3) is 0.562. The fourth-order valence-electron chi connectivity index (χ4n) is 2.97. The molecule has 3 rings (SSSR count). The van der Waals surface area contributed by atoms with Crippen molar-refractivity contribution in [1.29, 1.82) is 0 Å². The maximum Gasteiger partial charge on any atom is 0.257 e. The van der Waals surface area contributed by atoms with E-state index in [0.29, 0.717) is 17.5 Å². The number of phenolic OH excluding ortho intramolecular Hbond substituents is 1. The van der Waals surface area contributed by atoms with E-state index in [1.54, 1.807) is 12.1 Å². The quantitative estimate of drug-likeness (QED) is 0.875. The van der Waals surface area contributed by atoms with Gasteiger partial charge in [-0.2, -0.15) is 0 Å². The molecule has 0 unspecified atom stereocenters. The van der Waals surface area contributed by atoms with Gasteiger partial charge in [-0.25, -0.2) is 0 Å². The number of carbonyl (C=O) groups excluding carboxylic acids is 1. The second-order valence-electron chi connectivity index (χ2n) is 6.04. The van der Waals surface area contributed by atoms with E-state index >= 15 is 0 Å². The van der Waals surface area contributed by atoms with Crippen molar-refractivity contribution in [3.05, 3.63) is 28.2 Å². The van der Waals surface area contributed by atoms with Crippen LogP contribution in [0.25, 0.3) is 0 Å². The number of benzene rings is 1. The Kier molecular flexibility index (Phi) is 4.50. The highest BCUT2D eigenvalue weighted by atomic mass is 79.9. The largest absolute Gasteiger partial charge is 0.507 e. The van der Waals surface area contributed by atoms with Gasteiger partial charge in [0.05, 0.1) is 5.56 Å². The molecule has 0 atom stereocenters. The molecule has 1 amide bonds. The number of nitrogens with one attached hydrogen (secondary N) is 1. The lowest BCUT2D eigenvalue weighted by atomic mass is 9.97. The van der Waals surface area contributed by atoms with Crippen LogP contribution in [0.3, 0.4) is 0 Å².